The largest absolute Gasteiger partial charge is 0.433 e. The van der Waals surface area contributed by atoms with Crippen molar-refractivity contribution in [2.24, 2.45) is 7.05 Å². The van der Waals surface area contributed by atoms with Crippen LogP contribution in [-0.2, 0) is 18.0 Å². The molecule has 8 heteroatoms. The number of halogens is 3. The zero-order valence-corrected chi connectivity index (χ0v) is 13.4. The quantitative estimate of drug-likeness (QED) is 0.872. The van der Waals surface area contributed by atoms with Gasteiger partial charge in [0.25, 0.3) is 0 Å². The second-order valence-electron chi connectivity index (χ2n) is 5.43. The number of hydrogen-bond donors (Lipinski definition) is 1. The maximum atomic E-state index is 12.5. The van der Waals surface area contributed by atoms with Crippen LogP contribution in [0.2, 0.25) is 0 Å². The lowest BCUT2D eigenvalue weighted by atomic mass is 10.1. The number of rotatable bonds is 4. The summed E-state index contributed by atoms with van der Waals surface area (Å²) in [5, 5.41) is 6.72. The number of carbonyl (C=O) groups excluding carboxylic acids is 1. The summed E-state index contributed by atoms with van der Waals surface area (Å²) in [6.07, 6.45) is 1.48. The van der Waals surface area contributed by atoms with Gasteiger partial charge in [-0.1, -0.05) is 6.07 Å². The second kappa shape index (κ2) is 6.86. The van der Waals surface area contributed by atoms with Crippen molar-refractivity contribution in [3.8, 4) is 0 Å². The standard InChI is InChI=1S/C16H17F3N4O/c1-10(13-8-21-23(3)9-13)6-15(24)22-11(2)12-4-5-14(20-7-12)16(17,18)19/h4-9,11H,1-3H3,(H,22,24)/b10-6+/t11-/m1/s1. The SMILES string of the molecule is C/C(=C\C(=O)N[C@H](C)c1ccc(C(F)(F)F)nc1)c1cnn(C)c1. The Morgan fingerprint density at radius 3 is 2.54 bits per heavy atom. The monoisotopic (exact) mass is 338 g/mol. The molecule has 24 heavy (non-hydrogen) atoms. The van der Waals surface area contributed by atoms with Crippen molar-refractivity contribution in [2.45, 2.75) is 26.1 Å². The predicted molar refractivity (Wildman–Crippen MR) is 82.7 cm³/mol. The molecule has 1 atom stereocenters. The molecule has 0 spiro atoms. The average Bonchev–Trinajstić information content (AvgIpc) is 2.93. The predicted octanol–water partition coefficient (Wildman–Crippen LogP) is 3.11. The summed E-state index contributed by atoms with van der Waals surface area (Å²) in [7, 11) is 1.77. The van der Waals surface area contributed by atoms with Gasteiger partial charge in [0.1, 0.15) is 5.69 Å². The first kappa shape index (κ1) is 17.7. The van der Waals surface area contributed by atoms with Crippen LogP contribution in [0.3, 0.4) is 0 Å². The van der Waals surface area contributed by atoms with E-state index in [-0.39, 0.29) is 5.91 Å². The highest BCUT2D eigenvalue weighted by molar-refractivity contribution is 5.94. The van der Waals surface area contributed by atoms with Crippen molar-refractivity contribution in [3.05, 3.63) is 53.6 Å². The normalized spacial score (nSPS) is 13.7. The third kappa shape index (κ3) is 4.43. The lowest BCUT2D eigenvalue weighted by molar-refractivity contribution is -0.141. The minimum absolute atomic E-state index is 0.344. The molecule has 0 unspecified atom stereocenters. The molecule has 0 aliphatic carbocycles. The van der Waals surface area contributed by atoms with E-state index in [2.05, 4.69) is 15.4 Å². The summed E-state index contributed by atoms with van der Waals surface area (Å²) in [6.45, 7) is 3.45. The molecule has 0 bridgehead atoms. The van der Waals surface area contributed by atoms with Crippen LogP contribution in [0.4, 0.5) is 13.2 Å². The van der Waals surface area contributed by atoms with Gasteiger partial charge in [0, 0.05) is 31.1 Å². The Bertz CT molecular complexity index is 747. The van der Waals surface area contributed by atoms with Crippen molar-refractivity contribution in [3.63, 3.8) is 0 Å². The van der Waals surface area contributed by atoms with Gasteiger partial charge in [-0.15, -0.1) is 0 Å². The van der Waals surface area contributed by atoms with Gasteiger partial charge in [-0.05, 0) is 31.1 Å². The molecule has 0 aliphatic rings. The highest BCUT2D eigenvalue weighted by atomic mass is 19.4. The second-order valence-corrected chi connectivity index (χ2v) is 5.43. The molecule has 0 saturated carbocycles. The Morgan fingerprint density at radius 1 is 1.33 bits per heavy atom. The molecular formula is C16H17F3N4O. The van der Waals surface area contributed by atoms with Gasteiger partial charge >= 0.3 is 6.18 Å². The molecular weight excluding hydrogens is 321 g/mol. The summed E-state index contributed by atoms with van der Waals surface area (Å²) in [5.74, 6) is -0.344. The van der Waals surface area contributed by atoms with E-state index in [1.807, 2.05) is 0 Å². The minimum Gasteiger partial charge on any atom is -0.346 e. The highest BCUT2D eigenvalue weighted by Gasteiger charge is 2.32. The summed E-state index contributed by atoms with van der Waals surface area (Å²) in [4.78, 5) is 15.4. The van der Waals surface area contributed by atoms with Crippen LogP contribution in [0.5, 0.6) is 0 Å². The van der Waals surface area contributed by atoms with Gasteiger partial charge in [0.05, 0.1) is 12.2 Å². The van der Waals surface area contributed by atoms with E-state index in [9.17, 15) is 18.0 Å². The first-order valence-corrected chi connectivity index (χ1v) is 7.18. The number of nitrogens with zero attached hydrogens (tertiary/aromatic N) is 3. The van der Waals surface area contributed by atoms with E-state index in [1.165, 1.54) is 12.1 Å². The topological polar surface area (TPSA) is 59.8 Å². The highest BCUT2D eigenvalue weighted by Crippen LogP contribution is 2.27. The summed E-state index contributed by atoms with van der Waals surface area (Å²) in [6, 6.07) is 1.73. The molecule has 0 aliphatic heterocycles. The van der Waals surface area contributed by atoms with Gasteiger partial charge < -0.3 is 5.32 Å². The van der Waals surface area contributed by atoms with Gasteiger partial charge in [-0.3, -0.25) is 14.5 Å². The molecule has 1 N–H and O–H groups in total. The smallest absolute Gasteiger partial charge is 0.346 e. The van der Waals surface area contributed by atoms with Crippen LogP contribution in [0.15, 0.2) is 36.8 Å². The molecule has 2 aromatic rings. The van der Waals surface area contributed by atoms with Crippen molar-refractivity contribution in [1.82, 2.24) is 20.1 Å². The summed E-state index contributed by atoms with van der Waals surface area (Å²) < 4.78 is 39.1. The van der Waals surface area contributed by atoms with Crippen LogP contribution in [0.1, 0.15) is 36.7 Å². The fourth-order valence-electron chi connectivity index (χ4n) is 2.07. The molecule has 0 saturated heterocycles. The number of allylic oxidation sites excluding steroid dienone is 1. The summed E-state index contributed by atoms with van der Waals surface area (Å²) >= 11 is 0. The van der Waals surface area contributed by atoms with Crippen LogP contribution in [0.25, 0.3) is 5.57 Å². The third-order valence-electron chi connectivity index (χ3n) is 3.44. The summed E-state index contributed by atoms with van der Waals surface area (Å²) in [5.41, 5.74) is 1.08. The molecule has 0 aromatic carbocycles. The van der Waals surface area contributed by atoms with Crippen molar-refractivity contribution < 1.29 is 18.0 Å². The number of nitrogens with one attached hydrogen (secondary N) is 1. The number of amides is 1. The molecule has 2 rings (SSSR count). The Balaban J connectivity index is 2.03. The van der Waals surface area contributed by atoms with Crippen LogP contribution < -0.4 is 5.32 Å². The van der Waals surface area contributed by atoms with Gasteiger partial charge in [-0.2, -0.15) is 18.3 Å². The van der Waals surface area contributed by atoms with E-state index in [0.717, 1.165) is 23.4 Å². The molecule has 1 amide bonds. The first-order valence-electron chi connectivity index (χ1n) is 7.18. The molecule has 2 aromatic heterocycles. The fourth-order valence-corrected chi connectivity index (χ4v) is 2.07. The van der Waals surface area contributed by atoms with E-state index in [1.54, 1.807) is 38.0 Å². The third-order valence-corrected chi connectivity index (χ3v) is 3.44. The van der Waals surface area contributed by atoms with E-state index >= 15 is 0 Å². The number of pyridine rings is 1. The Labute approximate surface area is 137 Å². The van der Waals surface area contributed by atoms with E-state index in [4.69, 9.17) is 0 Å². The van der Waals surface area contributed by atoms with Crippen molar-refractivity contribution >= 4 is 11.5 Å². The van der Waals surface area contributed by atoms with E-state index in [0.29, 0.717) is 5.56 Å². The number of alkyl halides is 3. The zero-order valence-electron chi connectivity index (χ0n) is 13.4. The molecule has 5 nitrogen and oxygen atoms in total. The first-order chi connectivity index (χ1) is 11.2. The van der Waals surface area contributed by atoms with Crippen LogP contribution in [0, 0.1) is 0 Å². The average molecular weight is 338 g/mol. The maximum absolute atomic E-state index is 12.5. The Kier molecular flexibility index (Phi) is 5.06. The minimum atomic E-state index is -4.48. The zero-order chi connectivity index (χ0) is 17.9. The lowest BCUT2D eigenvalue weighted by Gasteiger charge is -2.14. The maximum Gasteiger partial charge on any atom is 0.433 e. The number of aromatic nitrogens is 3. The lowest BCUT2D eigenvalue weighted by Crippen LogP contribution is -2.25. The van der Waals surface area contributed by atoms with Crippen molar-refractivity contribution in [1.29, 1.82) is 0 Å². The van der Waals surface area contributed by atoms with Crippen LogP contribution >= 0.6 is 0 Å². The number of carbonyl (C=O) groups is 1. The van der Waals surface area contributed by atoms with Gasteiger partial charge in [-0.25, -0.2) is 0 Å². The van der Waals surface area contributed by atoms with Gasteiger partial charge in [0.2, 0.25) is 5.91 Å². The number of aryl methyl sites for hydroxylation is 1. The van der Waals surface area contributed by atoms with Crippen LogP contribution in [-0.4, -0.2) is 20.7 Å². The molecule has 0 radical (unpaired) electrons. The Morgan fingerprint density at radius 2 is 2.04 bits per heavy atom. The molecule has 128 valence electrons. The Hall–Kier alpha value is -2.64. The van der Waals surface area contributed by atoms with E-state index < -0.39 is 17.9 Å². The fraction of sp³-hybridized carbons (Fsp3) is 0.312. The molecule has 2 heterocycles. The number of hydrogen-bond acceptors (Lipinski definition) is 3. The molecule has 0 fully saturated rings. The van der Waals surface area contributed by atoms with Gasteiger partial charge in [0.15, 0.2) is 0 Å². The van der Waals surface area contributed by atoms with Crippen molar-refractivity contribution in [2.75, 3.05) is 0 Å².